The van der Waals surface area contributed by atoms with Crippen molar-refractivity contribution in [3.8, 4) is 0 Å². The second-order valence-corrected chi connectivity index (χ2v) is 10.3. The lowest BCUT2D eigenvalue weighted by atomic mass is 9.91. The van der Waals surface area contributed by atoms with Crippen molar-refractivity contribution < 1.29 is 4.79 Å². The molecule has 1 unspecified atom stereocenters. The highest BCUT2D eigenvalue weighted by Gasteiger charge is 2.34. The summed E-state index contributed by atoms with van der Waals surface area (Å²) in [7, 11) is 0. The molecule has 0 N–H and O–H groups in total. The number of ketones is 1. The molecule has 0 spiro atoms. The average Bonchev–Trinajstić information content (AvgIpc) is 3.55. The third-order valence-electron chi connectivity index (χ3n) is 7.32. The van der Waals surface area contributed by atoms with Gasteiger partial charge in [0.05, 0.1) is 24.8 Å². The van der Waals surface area contributed by atoms with Gasteiger partial charge in [-0.05, 0) is 47.7 Å². The van der Waals surface area contributed by atoms with Gasteiger partial charge < -0.3 is 0 Å². The smallest absolute Gasteiger partial charge is 0.298 e. The van der Waals surface area contributed by atoms with Gasteiger partial charge >= 0.3 is 5.69 Å². The van der Waals surface area contributed by atoms with Gasteiger partial charge in [0.25, 0.3) is 0 Å². The molecule has 0 radical (unpaired) electrons. The van der Waals surface area contributed by atoms with E-state index in [1.54, 1.807) is 11.9 Å². The fourth-order valence-electron chi connectivity index (χ4n) is 4.90. The number of halogens is 1. The van der Waals surface area contributed by atoms with E-state index in [4.69, 9.17) is 21.8 Å². The number of nitrogens with zero attached hydrogens (tertiary/aromatic N) is 5. The molecule has 0 aliphatic carbocycles. The molecule has 7 nitrogen and oxygen atoms in total. The first-order chi connectivity index (χ1) is 18.9. The topological polar surface area (TPSA) is 72.5 Å². The largest absolute Gasteiger partial charge is 0.348 e. The van der Waals surface area contributed by atoms with E-state index in [-0.39, 0.29) is 30.0 Å². The number of carbonyl (C=O) groups is 1. The van der Waals surface area contributed by atoms with Crippen LogP contribution in [0.1, 0.15) is 61.4 Å². The summed E-state index contributed by atoms with van der Waals surface area (Å²) in [6.07, 6.45) is 1.27. The minimum Gasteiger partial charge on any atom is -0.298 e. The molecule has 1 aliphatic rings. The van der Waals surface area contributed by atoms with Crippen molar-refractivity contribution in [2.24, 2.45) is 5.10 Å². The van der Waals surface area contributed by atoms with Crippen LogP contribution in [0.5, 0.6) is 0 Å². The third-order valence-corrected chi connectivity index (χ3v) is 7.57. The van der Waals surface area contributed by atoms with Gasteiger partial charge in [-0.1, -0.05) is 92.2 Å². The summed E-state index contributed by atoms with van der Waals surface area (Å²) in [6.45, 7) is 6.29. The summed E-state index contributed by atoms with van der Waals surface area (Å²) >= 11 is 6.16. The Bertz CT molecular complexity index is 1540. The van der Waals surface area contributed by atoms with Crippen molar-refractivity contribution in [1.82, 2.24) is 14.3 Å². The van der Waals surface area contributed by atoms with Crippen molar-refractivity contribution in [3.63, 3.8) is 0 Å². The second kappa shape index (κ2) is 11.4. The van der Waals surface area contributed by atoms with Crippen LogP contribution in [0.25, 0.3) is 0 Å². The van der Waals surface area contributed by atoms with E-state index in [0.29, 0.717) is 23.9 Å². The lowest BCUT2D eigenvalue weighted by Crippen LogP contribution is -2.31. The Hall–Kier alpha value is -3.97. The van der Waals surface area contributed by atoms with Crippen molar-refractivity contribution in [3.05, 3.63) is 117 Å². The van der Waals surface area contributed by atoms with Gasteiger partial charge in [0.15, 0.2) is 5.78 Å². The number of benzene rings is 3. The molecule has 0 bridgehead atoms. The molecule has 1 aliphatic heterocycles. The predicted octanol–water partition coefficient (Wildman–Crippen LogP) is 5.86. The zero-order chi connectivity index (χ0) is 27.5. The number of rotatable bonds is 9. The molecule has 8 heteroatoms. The molecule has 0 amide bonds. The number of hydrazone groups is 1. The lowest BCUT2D eigenvalue weighted by Gasteiger charge is -2.16. The van der Waals surface area contributed by atoms with E-state index < -0.39 is 0 Å². The van der Waals surface area contributed by atoms with Crippen molar-refractivity contribution >= 4 is 29.0 Å². The van der Waals surface area contributed by atoms with Crippen LogP contribution >= 0.6 is 11.6 Å². The number of anilines is 1. The van der Waals surface area contributed by atoms with E-state index >= 15 is 0 Å². The van der Waals surface area contributed by atoms with Gasteiger partial charge in [0.1, 0.15) is 0 Å². The molecule has 3 aromatic carbocycles. The minimum atomic E-state index is -0.328. The zero-order valence-corrected chi connectivity index (χ0v) is 23.2. The molecule has 5 rings (SSSR count). The van der Waals surface area contributed by atoms with Crippen LogP contribution in [0.4, 0.5) is 5.95 Å². The standard InChI is InChI=1S/C31H32ClN5O2/c1-4-22-11-13-23(14-12-22)21(3)37-31(39)35(19-27(38)5-2)30(34-37)36-20-28(24-9-7-6-8-10-24)29(33-36)25-15-17-26(32)18-16-25/h6-18,21,28H,4-5,19-20H2,1-3H3/t21-,28?/m0/s1. The first-order valence-electron chi connectivity index (χ1n) is 13.4. The van der Waals surface area contributed by atoms with E-state index in [1.807, 2.05) is 61.5 Å². The number of hydrogen-bond donors (Lipinski definition) is 0. The van der Waals surface area contributed by atoms with Gasteiger partial charge in [0, 0.05) is 17.4 Å². The Balaban J connectivity index is 1.59. The van der Waals surface area contributed by atoms with Crippen LogP contribution in [0.15, 0.2) is 88.8 Å². The third kappa shape index (κ3) is 5.45. The number of aromatic nitrogens is 3. The molecule has 0 saturated heterocycles. The summed E-state index contributed by atoms with van der Waals surface area (Å²) < 4.78 is 2.92. The number of aryl methyl sites for hydroxylation is 1. The fraction of sp³-hybridized carbons (Fsp3) is 0.290. The van der Waals surface area contributed by atoms with Crippen LogP contribution < -0.4 is 10.7 Å². The maximum atomic E-state index is 13.7. The van der Waals surface area contributed by atoms with Crippen LogP contribution in [-0.2, 0) is 17.8 Å². The first kappa shape index (κ1) is 26.6. The molecule has 0 saturated carbocycles. The molecule has 0 fully saturated rings. The average molecular weight is 542 g/mol. The van der Waals surface area contributed by atoms with Crippen molar-refractivity contribution in [2.45, 2.75) is 52.1 Å². The Morgan fingerprint density at radius 1 is 1.00 bits per heavy atom. The summed E-state index contributed by atoms with van der Waals surface area (Å²) in [5.41, 5.74) is 4.78. The molecule has 2 heterocycles. The van der Waals surface area contributed by atoms with Gasteiger partial charge in [-0.25, -0.2) is 14.5 Å². The number of carbonyl (C=O) groups excluding carboxylic acids is 1. The van der Waals surface area contributed by atoms with Gasteiger partial charge in [-0.2, -0.15) is 5.10 Å². The van der Waals surface area contributed by atoms with E-state index in [2.05, 4.69) is 31.2 Å². The maximum Gasteiger partial charge on any atom is 0.348 e. The predicted molar refractivity (Wildman–Crippen MR) is 156 cm³/mol. The first-order valence-corrected chi connectivity index (χ1v) is 13.7. The summed E-state index contributed by atoms with van der Waals surface area (Å²) in [5, 5.41) is 12.2. The highest BCUT2D eigenvalue weighted by molar-refractivity contribution is 6.30. The molecule has 1 aromatic heterocycles. The van der Waals surface area contributed by atoms with Crippen LogP contribution in [-0.4, -0.2) is 32.4 Å². The minimum absolute atomic E-state index is 0.0430. The molecule has 200 valence electrons. The van der Waals surface area contributed by atoms with Crippen LogP contribution in [0, 0.1) is 0 Å². The van der Waals surface area contributed by atoms with Gasteiger partial charge in [-0.15, -0.1) is 5.10 Å². The Labute approximate surface area is 233 Å². The highest BCUT2D eigenvalue weighted by Crippen LogP contribution is 2.32. The lowest BCUT2D eigenvalue weighted by molar-refractivity contribution is -0.119. The van der Waals surface area contributed by atoms with E-state index in [1.165, 1.54) is 14.8 Å². The molecule has 4 aromatic rings. The number of Topliss-reactive ketones (excluding diaryl/α,β-unsaturated/α-hetero) is 1. The quantitative estimate of drug-likeness (QED) is 0.266. The summed E-state index contributed by atoms with van der Waals surface area (Å²) in [6, 6.07) is 25.7. The monoisotopic (exact) mass is 541 g/mol. The fourth-order valence-corrected chi connectivity index (χ4v) is 5.03. The molecular weight excluding hydrogens is 510 g/mol. The molecular formula is C31H32ClN5O2. The SMILES string of the molecule is CCC(=O)Cn1c(N2CC(c3ccccc3)C(c3ccc(Cl)cc3)=N2)nn([C@@H](C)c2ccc(CC)cc2)c1=O. The maximum absolute atomic E-state index is 13.7. The van der Waals surface area contributed by atoms with Gasteiger partial charge in [0.2, 0.25) is 5.95 Å². The zero-order valence-electron chi connectivity index (χ0n) is 22.4. The van der Waals surface area contributed by atoms with E-state index in [0.717, 1.165) is 28.8 Å². The summed E-state index contributed by atoms with van der Waals surface area (Å²) in [4.78, 5) is 26.3. The second-order valence-electron chi connectivity index (χ2n) is 9.81. The molecule has 2 atom stereocenters. The molecule has 39 heavy (non-hydrogen) atoms. The van der Waals surface area contributed by atoms with Crippen LogP contribution in [0.2, 0.25) is 5.02 Å². The van der Waals surface area contributed by atoms with Gasteiger partial charge in [-0.3, -0.25) is 9.36 Å². The van der Waals surface area contributed by atoms with Crippen LogP contribution in [0.3, 0.4) is 0 Å². The van der Waals surface area contributed by atoms with Crippen molar-refractivity contribution in [1.29, 1.82) is 0 Å². The van der Waals surface area contributed by atoms with Crippen molar-refractivity contribution in [2.75, 3.05) is 11.6 Å². The number of hydrogen-bond acceptors (Lipinski definition) is 5. The normalized spacial score (nSPS) is 15.8. The Morgan fingerprint density at radius 2 is 1.69 bits per heavy atom. The Kier molecular flexibility index (Phi) is 7.79. The highest BCUT2D eigenvalue weighted by atomic mass is 35.5. The van der Waals surface area contributed by atoms with E-state index in [9.17, 15) is 9.59 Å². The summed E-state index contributed by atoms with van der Waals surface area (Å²) in [5.74, 6) is 0.268. The Morgan fingerprint density at radius 3 is 2.33 bits per heavy atom.